The van der Waals surface area contributed by atoms with Crippen molar-refractivity contribution in [3.63, 3.8) is 0 Å². The number of hydrogen-bond donors (Lipinski definition) is 1. The number of aromatic nitrogens is 3. The lowest BCUT2D eigenvalue weighted by Crippen LogP contribution is -2.50. The summed E-state index contributed by atoms with van der Waals surface area (Å²) in [6, 6.07) is 7.75. The Morgan fingerprint density at radius 1 is 1.36 bits per heavy atom. The van der Waals surface area contributed by atoms with Crippen LogP contribution in [0.2, 0.25) is 0 Å². The molecule has 2 aromatic rings. The molecule has 0 radical (unpaired) electrons. The summed E-state index contributed by atoms with van der Waals surface area (Å²) in [5.41, 5.74) is 1.73. The normalized spacial score (nSPS) is 23.0. The third-order valence-electron chi connectivity index (χ3n) is 5.67. The van der Waals surface area contributed by atoms with Gasteiger partial charge >= 0.3 is 0 Å². The molecule has 0 bridgehead atoms. The number of para-hydroxylation sites is 1. The Morgan fingerprint density at radius 2 is 2.08 bits per heavy atom. The van der Waals surface area contributed by atoms with Crippen LogP contribution < -0.4 is 5.32 Å². The highest BCUT2D eigenvalue weighted by molar-refractivity contribution is 5.81. The molecule has 1 saturated carbocycles. The molecule has 6 nitrogen and oxygen atoms in total. The third kappa shape index (κ3) is 3.43. The quantitative estimate of drug-likeness (QED) is 0.875. The van der Waals surface area contributed by atoms with Gasteiger partial charge in [0.15, 0.2) is 0 Å². The van der Waals surface area contributed by atoms with Gasteiger partial charge in [0.1, 0.15) is 11.3 Å². The van der Waals surface area contributed by atoms with Crippen molar-refractivity contribution in [1.29, 1.82) is 0 Å². The fourth-order valence-corrected chi connectivity index (χ4v) is 3.97. The summed E-state index contributed by atoms with van der Waals surface area (Å²) >= 11 is 0. The van der Waals surface area contributed by atoms with Gasteiger partial charge in [-0.15, -0.1) is 5.10 Å². The Kier molecular flexibility index (Phi) is 4.62. The first-order valence-electron chi connectivity index (χ1n) is 8.87. The van der Waals surface area contributed by atoms with Crippen molar-refractivity contribution in [3.8, 4) is 0 Å². The molecular formula is C19H26N4O2. The molecule has 1 aliphatic rings. The van der Waals surface area contributed by atoms with E-state index < -0.39 is 0 Å². The maximum atomic E-state index is 12.4. The van der Waals surface area contributed by atoms with Crippen molar-refractivity contribution in [3.05, 3.63) is 24.3 Å². The van der Waals surface area contributed by atoms with Gasteiger partial charge in [-0.05, 0) is 43.7 Å². The van der Waals surface area contributed by atoms with E-state index in [1.54, 1.807) is 6.92 Å². The van der Waals surface area contributed by atoms with E-state index in [1.165, 1.54) is 0 Å². The smallest absolute Gasteiger partial charge is 0.220 e. The van der Waals surface area contributed by atoms with E-state index in [1.807, 2.05) is 35.9 Å². The number of nitrogens with one attached hydrogen (secondary N) is 1. The highest BCUT2D eigenvalue weighted by Gasteiger charge is 2.50. The monoisotopic (exact) mass is 342 g/mol. The summed E-state index contributed by atoms with van der Waals surface area (Å²) in [5.74, 6) is 0.620. The number of ketones is 1. The standard InChI is InChI=1S/C19H26N4O2/c1-12(11-23-17-8-6-5-7-16(17)21-22-23)20-18(25)10-14-9-15(13(2)24)19(14,3)4/h5-8,12,14-15H,9-11H2,1-4H3,(H,20,25)/t12-,14+,15+/m1/s1. The fourth-order valence-electron chi connectivity index (χ4n) is 3.97. The van der Waals surface area contributed by atoms with Crippen LogP contribution >= 0.6 is 0 Å². The van der Waals surface area contributed by atoms with Crippen LogP contribution in [0.3, 0.4) is 0 Å². The minimum Gasteiger partial charge on any atom is -0.352 e. The average Bonchev–Trinajstić information content (AvgIpc) is 2.93. The lowest BCUT2D eigenvalue weighted by Gasteiger charge is -2.51. The molecule has 1 aromatic carbocycles. The zero-order valence-corrected chi connectivity index (χ0v) is 15.3. The highest BCUT2D eigenvalue weighted by atomic mass is 16.1. The van der Waals surface area contributed by atoms with E-state index in [-0.39, 0.29) is 35.0 Å². The molecule has 3 rings (SSSR count). The highest BCUT2D eigenvalue weighted by Crippen LogP contribution is 2.53. The van der Waals surface area contributed by atoms with Crippen molar-refractivity contribution >= 4 is 22.7 Å². The Hall–Kier alpha value is -2.24. The maximum absolute atomic E-state index is 12.4. The predicted octanol–water partition coefficient (Wildman–Crippen LogP) is 2.58. The topological polar surface area (TPSA) is 76.9 Å². The molecule has 0 aliphatic heterocycles. The first kappa shape index (κ1) is 17.6. The van der Waals surface area contributed by atoms with E-state index >= 15 is 0 Å². The summed E-state index contributed by atoms with van der Waals surface area (Å²) < 4.78 is 1.82. The zero-order valence-electron chi connectivity index (χ0n) is 15.3. The number of carbonyl (C=O) groups is 2. The van der Waals surface area contributed by atoms with Crippen LogP contribution in [-0.4, -0.2) is 32.7 Å². The molecule has 1 heterocycles. The Balaban J connectivity index is 1.54. The summed E-state index contributed by atoms with van der Waals surface area (Å²) in [6.07, 6.45) is 1.29. The number of hydrogen-bond acceptors (Lipinski definition) is 4. The van der Waals surface area contributed by atoms with Gasteiger partial charge in [-0.1, -0.05) is 31.2 Å². The van der Waals surface area contributed by atoms with Crippen LogP contribution in [0, 0.1) is 17.3 Å². The molecule has 1 fully saturated rings. The second-order valence-electron chi connectivity index (χ2n) is 7.85. The second kappa shape index (κ2) is 6.58. The van der Waals surface area contributed by atoms with Crippen LogP contribution in [-0.2, 0) is 16.1 Å². The van der Waals surface area contributed by atoms with E-state index in [2.05, 4.69) is 29.5 Å². The number of amides is 1. The lowest BCUT2D eigenvalue weighted by molar-refractivity contribution is -0.141. The Bertz CT molecular complexity index is 796. The second-order valence-corrected chi connectivity index (χ2v) is 7.85. The Morgan fingerprint density at radius 3 is 2.76 bits per heavy atom. The molecule has 1 amide bonds. The molecule has 0 saturated heterocycles. The molecule has 25 heavy (non-hydrogen) atoms. The van der Waals surface area contributed by atoms with Crippen LogP contribution in [0.1, 0.15) is 40.5 Å². The van der Waals surface area contributed by atoms with Gasteiger partial charge in [0.05, 0.1) is 12.1 Å². The SMILES string of the molecule is CC(=O)[C@@H]1C[C@@H](CC(=O)N[C@H](C)Cn2nnc3ccccc32)C1(C)C. The minimum absolute atomic E-state index is 0.0376. The van der Waals surface area contributed by atoms with Gasteiger partial charge in [0.25, 0.3) is 0 Å². The number of Topliss-reactive ketones (excluding diaryl/α,β-unsaturated/α-hetero) is 1. The van der Waals surface area contributed by atoms with Crippen molar-refractivity contribution < 1.29 is 9.59 Å². The van der Waals surface area contributed by atoms with Crippen LogP contribution in [0.4, 0.5) is 0 Å². The summed E-state index contributed by atoms with van der Waals surface area (Å²) in [4.78, 5) is 24.0. The van der Waals surface area contributed by atoms with Gasteiger partial charge < -0.3 is 5.32 Å². The van der Waals surface area contributed by atoms with Crippen LogP contribution in [0.5, 0.6) is 0 Å². The minimum atomic E-state index is -0.0888. The summed E-state index contributed by atoms with van der Waals surface area (Å²) in [6.45, 7) is 8.37. The fraction of sp³-hybridized carbons (Fsp3) is 0.579. The van der Waals surface area contributed by atoms with Crippen molar-refractivity contribution in [2.75, 3.05) is 0 Å². The van der Waals surface area contributed by atoms with Gasteiger partial charge in [-0.3, -0.25) is 9.59 Å². The first-order valence-corrected chi connectivity index (χ1v) is 8.87. The molecule has 0 unspecified atom stereocenters. The number of fused-ring (bicyclic) bond motifs is 1. The summed E-state index contributed by atoms with van der Waals surface area (Å²) in [7, 11) is 0. The third-order valence-corrected chi connectivity index (χ3v) is 5.67. The number of nitrogens with zero attached hydrogens (tertiary/aromatic N) is 3. The number of benzene rings is 1. The molecule has 3 atom stereocenters. The van der Waals surface area contributed by atoms with Gasteiger partial charge in [0, 0.05) is 18.4 Å². The zero-order chi connectivity index (χ0) is 18.2. The molecule has 6 heteroatoms. The predicted molar refractivity (Wildman–Crippen MR) is 95.8 cm³/mol. The molecule has 1 aromatic heterocycles. The largest absolute Gasteiger partial charge is 0.352 e. The van der Waals surface area contributed by atoms with Crippen molar-refractivity contribution in [2.45, 2.75) is 53.1 Å². The number of rotatable bonds is 6. The van der Waals surface area contributed by atoms with E-state index in [0.29, 0.717) is 13.0 Å². The Labute approximate surface area is 148 Å². The molecule has 0 spiro atoms. The number of carbonyl (C=O) groups excluding carboxylic acids is 2. The molecular weight excluding hydrogens is 316 g/mol. The van der Waals surface area contributed by atoms with E-state index in [0.717, 1.165) is 17.5 Å². The maximum Gasteiger partial charge on any atom is 0.220 e. The molecule has 134 valence electrons. The summed E-state index contributed by atoms with van der Waals surface area (Å²) in [5, 5.41) is 11.3. The van der Waals surface area contributed by atoms with Crippen LogP contribution in [0.25, 0.3) is 11.0 Å². The van der Waals surface area contributed by atoms with E-state index in [4.69, 9.17) is 0 Å². The lowest BCUT2D eigenvalue weighted by atomic mass is 9.52. The van der Waals surface area contributed by atoms with Gasteiger partial charge in [0.2, 0.25) is 5.91 Å². The van der Waals surface area contributed by atoms with E-state index in [9.17, 15) is 9.59 Å². The average molecular weight is 342 g/mol. The van der Waals surface area contributed by atoms with Crippen molar-refractivity contribution in [1.82, 2.24) is 20.3 Å². The van der Waals surface area contributed by atoms with Gasteiger partial charge in [-0.25, -0.2) is 4.68 Å². The van der Waals surface area contributed by atoms with Crippen LogP contribution in [0.15, 0.2) is 24.3 Å². The molecule has 1 N–H and O–H groups in total. The van der Waals surface area contributed by atoms with Crippen molar-refractivity contribution in [2.24, 2.45) is 17.3 Å². The van der Waals surface area contributed by atoms with Gasteiger partial charge in [-0.2, -0.15) is 0 Å². The molecule has 1 aliphatic carbocycles. The first-order chi connectivity index (χ1) is 11.8.